The minimum absolute atomic E-state index is 0.0655. The fraction of sp³-hybridized carbons (Fsp3) is 0.333. The molecule has 1 aliphatic heterocycles. The van der Waals surface area contributed by atoms with Crippen LogP contribution in [0.1, 0.15) is 36.5 Å². The molecule has 1 heterocycles. The van der Waals surface area contributed by atoms with Crippen LogP contribution in [0.3, 0.4) is 0 Å². The maximum atomic E-state index is 12.3. The number of benzene rings is 2. The molecule has 5 nitrogen and oxygen atoms in total. The van der Waals surface area contributed by atoms with Crippen molar-refractivity contribution in [2.45, 2.75) is 26.2 Å². The highest BCUT2D eigenvalue weighted by molar-refractivity contribution is 6.04. The summed E-state index contributed by atoms with van der Waals surface area (Å²) in [7, 11) is 0. The quantitative estimate of drug-likeness (QED) is 0.774. The third kappa shape index (κ3) is 4.42. The largest absolute Gasteiger partial charge is 0.374 e. The molecule has 26 heavy (non-hydrogen) atoms. The molecule has 1 amide bonds. The number of nitrogens with zero attached hydrogens (tertiary/aromatic N) is 1. The minimum atomic E-state index is -0.174. The maximum absolute atomic E-state index is 12.3. The Labute approximate surface area is 154 Å². The van der Waals surface area contributed by atoms with E-state index >= 15 is 0 Å². The van der Waals surface area contributed by atoms with Crippen LogP contribution >= 0.6 is 0 Å². The molecule has 0 aliphatic carbocycles. The number of piperidine rings is 1. The number of hydrogen-bond acceptors (Lipinski definition) is 4. The van der Waals surface area contributed by atoms with Gasteiger partial charge in [0.05, 0.1) is 23.6 Å². The molecule has 1 fully saturated rings. The van der Waals surface area contributed by atoms with Crippen molar-refractivity contribution in [3.63, 3.8) is 0 Å². The summed E-state index contributed by atoms with van der Waals surface area (Å²) in [4.78, 5) is 26.4. The van der Waals surface area contributed by atoms with E-state index in [2.05, 4.69) is 21.6 Å². The van der Waals surface area contributed by atoms with Crippen LogP contribution in [-0.2, 0) is 4.79 Å². The van der Waals surface area contributed by atoms with Crippen molar-refractivity contribution in [3.05, 3.63) is 54.1 Å². The van der Waals surface area contributed by atoms with E-state index in [-0.39, 0.29) is 18.2 Å². The van der Waals surface area contributed by atoms with Gasteiger partial charge in [-0.2, -0.15) is 0 Å². The van der Waals surface area contributed by atoms with E-state index < -0.39 is 0 Å². The summed E-state index contributed by atoms with van der Waals surface area (Å²) < 4.78 is 0. The van der Waals surface area contributed by atoms with Gasteiger partial charge < -0.3 is 15.5 Å². The van der Waals surface area contributed by atoms with Gasteiger partial charge in [0.15, 0.2) is 5.78 Å². The van der Waals surface area contributed by atoms with Gasteiger partial charge in [0, 0.05) is 18.7 Å². The molecule has 1 aliphatic rings. The van der Waals surface area contributed by atoms with Crippen LogP contribution in [0.25, 0.3) is 0 Å². The molecule has 0 saturated carbocycles. The summed E-state index contributed by atoms with van der Waals surface area (Å²) in [6.07, 6.45) is 3.69. The minimum Gasteiger partial charge on any atom is -0.374 e. The van der Waals surface area contributed by atoms with Crippen molar-refractivity contribution in [1.29, 1.82) is 0 Å². The summed E-state index contributed by atoms with van der Waals surface area (Å²) in [5.74, 6) is -0.239. The Morgan fingerprint density at radius 1 is 0.923 bits per heavy atom. The number of carbonyl (C=O) groups is 2. The van der Waals surface area contributed by atoms with E-state index in [4.69, 9.17) is 0 Å². The van der Waals surface area contributed by atoms with Crippen molar-refractivity contribution in [3.8, 4) is 0 Å². The Morgan fingerprint density at radius 3 is 2.31 bits per heavy atom. The topological polar surface area (TPSA) is 61.4 Å². The van der Waals surface area contributed by atoms with Gasteiger partial charge >= 0.3 is 0 Å². The number of rotatable bonds is 6. The van der Waals surface area contributed by atoms with Crippen molar-refractivity contribution < 1.29 is 9.59 Å². The molecule has 5 heteroatoms. The summed E-state index contributed by atoms with van der Waals surface area (Å²) in [5.41, 5.74) is 3.18. The van der Waals surface area contributed by atoms with Gasteiger partial charge in [0.1, 0.15) is 0 Å². The first-order valence-electron chi connectivity index (χ1n) is 9.13. The smallest absolute Gasteiger partial charge is 0.243 e. The summed E-state index contributed by atoms with van der Waals surface area (Å²) in [6.45, 7) is 3.75. The van der Waals surface area contributed by atoms with Gasteiger partial charge in [-0.15, -0.1) is 0 Å². The molecule has 0 unspecified atom stereocenters. The molecule has 136 valence electrons. The molecule has 0 atom stereocenters. The predicted octanol–water partition coefficient (Wildman–Crippen LogP) is 3.93. The van der Waals surface area contributed by atoms with Gasteiger partial charge in [-0.25, -0.2) is 0 Å². The van der Waals surface area contributed by atoms with Crippen molar-refractivity contribution in [2.75, 3.05) is 35.2 Å². The van der Waals surface area contributed by atoms with Crippen LogP contribution in [-0.4, -0.2) is 31.3 Å². The van der Waals surface area contributed by atoms with Crippen LogP contribution < -0.4 is 15.5 Å². The van der Waals surface area contributed by atoms with Crippen molar-refractivity contribution >= 4 is 28.8 Å². The SMILES string of the molecule is CC(=O)c1ccccc1NC(=O)CNc1ccccc1N1CCCCC1. The Balaban J connectivity index is 1.64. The van der Waals surface area contributed by atoms with Crippen LogP contribution in [0.4, 0.5) is 17.1 Å². The summed E-state index contributed by atoms with van der Waals surface area (Å²) in [5, 5.41) is 6.07. The maximum Gasteiger partial charge on any atom is 0.243 e. The highest BCUT2D eigenvalue weighted by atomic mass is 16.2. The zero-order valence-electron chi connectivity index (χ0n) is 15.1. The molecular formula is C21H25N3O2. The number of anilines is 3. The van der Waals surface area contributed by atoms with E-state index in [1.54, 1.807) is 24.3 Å². The van der Waals surface area contributed by atoms with Crippen LogP contribution in [0.15, 0.2) is 48.5 Å². The van der Waals surface area contributed by atoms with Gasteiger partial charge in [-0.3, -0.25) is 9.59 Å². The van der Waals surface area contributed by atoms with Gasteiger partial charge in [-0.05, 0) is 50.5 Å². The third-order valence-corrected chi connectivity index (χ3v) is 4.62. The lowest BCUT2D eigenvalue weighted by Gasteiger charge is -2.30. The summed E-state index contributed by atoms with van der Waals surface area (Å²) in [6, 6.07) is 15.2. The monoisotopic (exact) mass is 351 g/mol. The number of carbonyl (C=O) groups excluding carboxylic acids is 2. The number of para-hydroxylation sites is 3. The van der Waals surface area contributed by atoms with Crippen molar-refractivity contribution in [1.82, 2.24) is 0 Å². The molecule has 0 radical (unpaired) electrons. The average molecular weight is 351 g/mol. The lowest BCUT2D eigenvalue weighted by molar-refractivity contribution is -0.114. The molecule has 0 spiro atoms. The zero-order valence-corrected chi connectivity index (χ0v) is 15.1. The molecule has 0 aromatic heterocycles. The Bertz CT molecular complexity index is 782. The first kappa shape index (κ1) is 18.0. The molecular weight excluding hydrogens is 326 g/mol. The van der Waals surface area contributed by atoms with Crippen molar-refractivity contribution in [2.24, 2.45) is 0 Å². The lowest BCUT2D eigenvalue weighted by Crippen LogP contribution is -2.30. The second-order valence-electron chi connectivity index (χ2n) is 6.57. The normalized spacial score (nSPS) is 14.0. The summed E-state index contributed by atoms with van der Waals surface area (Å²) >= 11 is 0. The fourth-order valence-electron chi connectivity index (χ4n) is 3.30. The molecule has 3 rings (SSSR count). The first-order valence-corrected chi connectivity index (χ1v) is 9.13. The second-order valence-corrected chi connectivity index (χ2v) is 6.57. The third-order valence-electron chi connectivity index (χ3n) is 4.62. The molecule has 1 saturated heterocycles. The lowest BCUT2D eigenvalue weighted by atomic mass is 10.1. The number of ketones is 1. The second kappa shape index (κ2) is 8.52. The van der Waals surface area contributed by atoms with Gasteiger partial charge in [-0.1, -0.05) is 24.3 Å². The highest BCUT2D eigenvalue weighted by Gasteiger charge is 2.15. The first-order chi connectivity index (χ1) is 12.6. The van der Waals surface area contributed by atoms with Gasteiger partial charge in [0.2, 0.25) is 5.91 Å². The van der Waals surface area contributed by atoms with E-state index in [1.165, 1.54) is 26.2 Å². The molecule has 2 N–H and O–H groups in total. The Morgan fingerprint density at radius 2 is 1.58 bits per heavy atom. The predicted molar refractivity (Wildman–Crippen MR) is 106 cm³/mol. The fourth-order valence-corrected chi connectivity index (χ4v) is 3.30. The Hall–Kier alpha value is -2.82. The number of amides is 1. The van der Waals surface area contributed by atoms with E-state index in [0.717, 1.165) is 24.5 Å². The Kier molecular flexibility index (Phi) is 5.89. The molecule has 0 bridgehead atoms. The zero-order chi connectivity index (χ0) is 18.4. The van der Waals surface area contributed by atoms with E-state index in [0.29, 0.717) is 11.3 Å². The van der Waals surface area contributed by atoms with Crippen LogP contribution in [0.5, 0.6) is 0 Å². The number of Topliss-reactive ketones (excluding diaryl/α,β-unsaturated/α-hetero) is 1. The average Bonchev–Trinajstić information content (AvgIpc) is 2.67. The number of hydrogen-bond donors (Lipinski definition) is 2. The standard InChI is InChI=1S/C21H25N3O2/c1-16(25)17-9-3-4-10-18(17)23-21(26)15-22-19-11-5-6-12-20(19)24-13-7-2-8-14-24/h3-6,9-12,22H,2,7-8,13-15H2,1H3,(H,23,26). The van der Waals surface area contributed by atoms with Crippen LogP contribution in [0.2, 0.25) is 0 Å². The van der Waals surface area contributed by atoms with E-state index in [1.807, 2.05) is 18.2 Å². The van der Waals surface area contributed by atoms with E-state index in [9.17, 15) is 9.59 Å². The van der Waals surface area contributed by atoms with Gasteiger partial charge in [0.25, 0.3) is 0 Å². The molecule has 2 aromatic rings. The number of nitrogens with one attached hydrogen (secondary N) is 2. The highest BCUT2D eigenvalue weighted by Crippen LogP contribution is 2.28. The van der Waals surface area contributed by atoms with Crippen LogP contribution in [0, 0.1) is 0 Å². The molecule has 2 aromatic carbocycles.